The molecule has 2 amide bonds. The Morgan fingerprint density at radius 1 is 1.07 bits per heavy atom. The average Bonchev–Trinajstić information content (AvgIpc) is 2.74. The number of hydrogen-bond donors (Lipinski definition) is 2. The predicted octanol–water partition coefficient (Wildman–Crippen LogP) is 1.85. The number of benzene rings is 2. The van der Waals surface area contributed by atoms with Crippen LogP contribution >= 0.6 is 0 Å². The van der Waals surface area contributed by atoms with Gasteiger partial charge in [0.25, 0.3) is 5.91 Å². The number of likely N-dealkylation sites (tertiary alicyclic amines) is 1. The summed E-state index contributed by atoms with van der Waals surface area (Å²) in [5.74, 6) is 0.575. The molecule has 7 heteroatoms. The van der Waals surface area contributed by atoms with E-state index in [-0.39, 0.29) is 18.2 Å². The Bertz CT molecular complexity index is 891. The minimum Gasteiger partial charge on any atom is -0.508 e. The van der Waals surface area contributed by atoms with Gasteiger partial charge in [0.05, 0.1) is 18.8 Å². The number of primary amides is 1. The number of anilines is 1. The fourth-order valence-electron chi connectivity index (χ4n) is 4.07. The molecule has 1 fully saturated rings. The fourth-order valence-corrected chi connectivity index (χ4v) is 4.07. The van der Waals surface area contributed by atoms with Gasteiger partial charge in [0.2, 0.25) is 5.91 Å². The second-order valence-electron chi connectivity index (χ2n) is 7.62. The number of ether oxygens (including phenoxy) is 1. The van der Waals surface area contributed by atoms with Crippen LogP contribution in [0.4, 0.5) is 5.69 Å². The molecule has 2 aromatic rings. The molecule has 0 aromatic heterocycles. The summed E-state index contributed by atoms with van der Waals surface area (Å²) in [7, 11) is 0. The van der Waals surface area contributed by atoms with E-state index in [4.69, 9.17) is 10.5 Å². The molecule has 2 heterocycles. The lowest BCUT2D eigenvalue weighted by Crippen LogP contribution is -2.52. The Kier molecular flexibility index (Phi) is 5.40. The Labute approximate surface area is 169 Å². The first-order valence-corrected chi connectivity index (χ1v) is 9.88. The highest BCUT2D eigenvalue weighted by atomic mass is 16.5. The molecule has 152 valence electrons. The molecule has 0 radical (unpaired) electrons. The Morgan fingerprint density at radius 3 is 2.45 bits per heavy atom. The molecule has 3 N–H and O–H groups in total. The number of para-hydroxylation sites is 2. The van der Waals surface area contributed by atoms with Gasteiger partial charge in [0, 0.05) is 0 Å². The van der Waals surface area contributed by atoms with E-state index in [1.165, 1.54) is 5.56 Å². The van der Waals surface area contributed by atoms with Gasteiger partial charge in [-0.15, -0.1) is 0 Å². The SMILES string of the molecule is NC(=O)C1CN(C(=O)CN2CCC(c3ccc(O)cc3)CC2)c2ccccc2O1. The molecule has 2 aliphatic rings. The summed E-state index contributed by atoms with van der Waals surface area (Å²) >= 11 is 0. The molecule has 0 aliphatic carbocycles. The van der Waals surface area contributed by atoms with E-state index in [1.807, 2.05) is 24.3 Å². The van der Waals surface area contributed by atoms with Crippen molar-refractivity contribution in [3.05, 3.63) is 54.1 Å². The first-order chi connectivity index (χ1) is 14.0. The molecule has 2 aliphatic heterocycles. The second-order valence-corrected chi connectivity index (χ2v) is 7.62. The van der Waals surface area contributed by atoms with Gasteiger partial charge in [0.15, 0.2) is 6.10 Å². The highest BCUT2D eigenvalue weighted by Crippen LogP contribution is 2.34. The van der Waals surface area contributed by atoms with E-state index in [2.05, 4.69) is 4.90 Å². The summed E-state index contributed by atoms with van der Waals surface area (Å²) in [4.78, 5) is 28.4. The number of rotatable bonds is 4. The van der Waals surface area contributed by atoms with Crippen LogP contribution in [0, 0.1) is 0 Å². The number of nitrogens with zero attached hydrogens (tertiary/aromatic N) is 2. The fraction of sp³-hybridized carbons (Fsp3) is 0.364. The zero-order valence-corrected chi connectivity index (χ0v) is 16.2. The number of piperidine rings is 1. The molecule has 1 unspecified atom stereocenters. The van der Waals surface area contributed by atoms with Crippen molar-refractivity contribution >= 4 is 17.5 Å². The number of phenolic OH excluding ortho intramolecular Hbond substituents is 1. The lowest BCUT2D eigenvalue weighted by molar-refractivity contribution is -0.125. The first kappa shape index (κ1) is 19.3. The number of fused-ring (bicyclic) bond motifs is 1. The van der Waals surface area contributed by atoms with Gasteiger partial charge >= 0.3 is 0 Å². The molecule has 4 rings (SSSR count). The standard InChI is InChI=1S/C22H25N3O4/c23-22(28)20-13-25(18-3-1-2-4-19(18)29-20)21(27)14-24-11-9-16(10-12-24)15-5-7-17(26)8-6-15/h1-8,16,20,26H,9-14H2,(H2,23,28). The van der Waals surface area contributed by atoms with Crippen molar-refractivity contribution in [2.45, 2.75) is 24.9 Å². The predicted molar refractivity (Wildman–Crippen MR) is 109 cm³/mol. The molecule has 0 bridgehead atoms. The summed E-state index contributed by atoms with van der Waals surface area (Å²) in [6.45, 7) is 2.07. The van der Waals surface area contributed by atoms with Gasteiger partial charge in [-0.2, -0.15) is 0 Å². The van der Waals surface area contributed by atoms with Crippen molar-refractivity contribution in [3.8, 4) is 11.5 Å². The van der Waals surface area contributed by atoms with Crippen molar-refractivity contribution < 1.29 is 19.4 Å². The smallest absolute Gasteiger partial charge is 0.260 e. The normalized spacial score (nSPS) is 20.0. The number of carbonyl (C=O) groups is 2. The van der Waals surface area contributed by atoms with Crippen LogP contribution in [0.3, 0.4) is 0 Å². The summed E-state index contributed by atoms with van der Waals surface area (Å²) in [6, 6.07) is 14.6. The van der Waals surface area contributed by atoms with E-state index in [9.17, 15) is 14.7 Å². The summed E-state index contributed by atoms with van der Waals surface area (Å²) in [6.07, 6.45) is 1.08. The summed E-state index contributed by atoms with van der Waals surface area (Å²) in [5, 5.41) is 9.45. The quantitative estimate of drug-likeness (QED) is 0.824. The maximum Gasteiger partial charge on any atom is 0.260 e. The van der Waals surface area contributed by atoms with E-state index >= 15 is 0 Å². The summed E-state index contributed by atoms with van der Waals surface area (Å²) in [5.41, 5.74) is 7.32. The van der Waals surface area contributed by atoms with Gasteiger partial charge in [-0.25, -0.2) is 0 Å². The Hall–Kier alpha value is -3.06. The number of nitrogens with two attached hydrogens (primary N) is 1. The van der Waals surface area contributed by atoms with Gasteiger partial charge in [-0.1, -0.05) is 24.3 Å². The third-order valence-electron chi connectivity index (χ3n) is 5.70. The van der Waals surface area contributed by atoms with Crippen LogP contribution in [0.5, 0.6) is 11.5 Å². The number of phenols is 1. The number of hydrogen-bond acceptors (Lipinski definition) is 5. The van der Waals surface area contributed by atoms with Crippen molar-refractivity contribution in [2.75, 3.05) is 31.1 Å². The van der Waals surface area contributed by atoms with E-state index in [0.717, 1.165) is 25.9 Å². The van der Waals surface area contributed by atoms with E-state index < -0.39 is 12.0 Å². The Morgan fingerprint density at radius 2 is 1.76 bits per heavy atom. The summed E-state index contributed by atoms with van der Waals surface area (Å²) < 4.78 is 5.64. The highest BCUT2D eigenvalue weighted by molar-refractivity contribution is 5.98. The maximum atomic E-state index is 13.0. The third-order valence-corrected chi connectivity index (χ3v) is 5.70. The zero-order chi connectivity index (χ0) is 20.4. The number of carbonyl (C=O) groups excluding carboxylic acids is 2. The minimum atomic E-state index is -0.839. The second kappa shape index (κ2) is 8.13. The van der Waals surface area contributed by atoms with Crippen LogP contribution < -0.4 is 15.4 Å². The lowest BCUT2D eigenvalue weighted by atomic mass is 9.89. The molecular weight excluding hydrogens is 370 g/mol. The van der Waals surface area contributed by atoms with Gasteiger partial charge in [0.1, 0.15) is 11.5 Å². The van der Waals surface area contributed by atoms with Crippen LogP contribution in [-0.4, -0.2) is 54.1 Å². The molecular formula is C22H25N3O4. The largest absolute Gasteiger partial charge is 0.508 e. The first-order valence-electron chi connectivity index (χ1n) is 9.88. The topological polar surface area (TPSA) is 96.1 Å². The lowest BCUT2D eigenvalue weighted by Gasteiger charge is -2.36. The third kappa shape index (κ3) is 4.19. The number of amides is 2. The van der Waals surface area contributed by atoms with Gasteiger partial charge < -0.3 is 20.5 Å². The van der Waals surface area contributed by atoms with Gasteiger partial charge in [-0.05, 0) is 61.7 Å². The molecule has 0 saturated carbocycles. The highest BCUT2D eigenvalue weighted by Gasteiger charge is 2.33. The van der Waals surface area contributed by atoms with Crippen LogP contribution in [0.25, 0.3) is 0 Å². The van der Waals surface area contributed by atoms with Crippen molar-refractivity contribution in [1.82, 2.24) is 4.90 Å². The Balaban J connectivity index is 1.39. The maximum absolute atomic E-state index is 13.0. The number of aromatic hydroxyl groups is 1. The molecule has 7 nitrogen and oxygen atoms in total. The molecule has 0 spiro atoms. The average molecular weight is 395 g/mol. The van der Waals surface area contributed by atoms with Crippen LogP contribution in [-0.2, 0) is 9.59 Å². The van der Waals surface area contributed by atoms with E-state index in [0.29, 0.717) is 23.9 Å². The van der Waals surface area contributed by atoms with Crippen LogP contribution in [0.2, 0.25) is 0 Å². The van der Waals surface area contributed by atoms with E-state index in [1.54, 1.807) is 29.2 Å². The monoisotopic (exact) mass is 395 g/mol. The van der Waals surface area contributed by atoms with Crippen molar-refractivity contribution in [3.63, 3.8) is 0 Å². The van der Waals surface area contributed by atoms with Crippen molar-refractivity contribution in [2.24, 2.45) is 5.73 Å². The van der Waals surface area contributed by atoms with Crippen LogP contribution in [0.15, 0.2) is 48.5 Å². The van der Waals surface area contributed by atoms with Gasteiger partial charge in [-0.3, -0.25) is 14.5 Å². The van der Waals surface area contributed by atoms with Crippen LogP contribution in [0.1, 0.15) is 24.3 Å². The minimum absolute atomic E-state index is 0.0601. The molecule has 1 atom stereocenters. The molecule has 29 heavy (non-hydrogen) atoms. The van der Waals surface area contributed by atoms with Crippen molar-refractivity contribution in [1.29, 1.82) is 0 Å². The molecule has 1 saturated heterocycles. The molecule has 2 aromatic carbocycles. The zero-order valence-electron chi connectivity index (χ0n) is 16.2.